The van der Waals surface area contributed by atoms with E-state index in [0.717, 1.165) is 58.3 Å². The molecular formula is C28H50O12. The smallest absolute Gasteiger partial charge is 0.306 e. The topological polar surface area (TPSA) is 178 Å². The highest BCUT2D eigenvalue weighted by Crippen LogP contribution is 2.30. The molecule has 0 aliphatic carbocycles. The molecule has 1 rings (SSSR count). The molecule has 0 unspecified atom stereocenters. The van der Waals surface area contributed by atoms with Gasteiger partial charge in [-0.05, 0) is 12.8 Å². The summed E-state index contributed by atoms with van der Waals surface area (Å²) < 4.78 is 28.1. The van der Waals surface area contributed by atoms with E-state index in [2.05, 4.69) is 13.8 Å². The Kier molecular flexibility index (Phi) is 19.0. The van der Waals surface area contributed by atoms with Gasteiger partial charge in [0.05, 0.1) is 19.8 Å². The zero-order chi connectivity index (χ0) is 29.9. The predicted octanol–water partition coefficient (Wildman–Crippen LogP) is 1.91. The van der Waals surface area contributed by atoms with E-state index >= 15 is 0 Å². The third kappa shape index (κ3) is 13.7. The first kappa shape index (κ1) is 36.2. The molecule has 1 aliphatic heterocycles. The van der Waals surface area contributed by atoms with Crippen molar-refractivity contribution in [1.82, 2.24) is 0 Å². The number of unbranched alkanes of at least 4 members (excludes halogenated alkanes) is 8. The number of ether oxygens (including phenoxy) is 5. The van der Waals surface area contributed by atoms with Crippen LogP contribution in [0.4, 0.5) is 0 Å². The molecule has 4 N–H and O–H groups in total. The van der Waals surface area contributed by atoms with E-state index in [0.29, 0.717) is 12.8 Å². The molecule has 0 aromatic heterocycles. The fraction of sp³-hybridized carbons (Fsp3) is 0.893. The summed E-state index contributed by atoms with van der Waals surface area (Å²) >= 11 is 0. The lowest BCUT2D eigenvalue weighted by Gasteiger charge is -2.44. The summed E-state index contributed by atoms with van der Waals surface area (Å²) in [6, 6.07) is 0. The van der Waals surface area contributed by atoms with Crippen LogP contribution in [-0.4, -0.2) is 101 Å². The van der Waals surface area contributed by atoms with Gasteiger partial charge in [0.15, 0.2) is 24.6 Å². The molecule has 12 nitrogen and oxygen atoms in total. The first-order chi connectivity index (χ1) is 19.2. The molecule has 0 bridgehead atoms. The van der Waals surface area contributed by atoms with E-state index in [1.54, 1.807) is 0 Å². The lowest BCUT2D eigenvalue weighted by molar-refractivity contribution is -0.312. The molecular weight excluding hydrogens is 528 g/mol. The highest BCUT2D eigenvalue weighted by Gasteiger charge is 2.52. The van der Waals surface area contributed by atoms with Crippen LogP contribution < -0.4 is 0 Å². The number of carbonyl (C=O) groups is 3. The fourth-order valence-corrected chi connectivity index (χ4v) is 4.35. The van der Waals surface area contributed by atoms with Gasteiger partial charge in [-0.1, -0.05) is 65.2 Å². The van der Waals surface area contributed by atoms with Crippen LogP contribution in [0.5, 0.6) is 0 Å². The van der Waals surface area contributed by atoms with Gasteiger partial charge in [0.1, 0.15) is 18.3 Å². The van der Waals surface area contributed by atoms with E-state index < -0.39 is 80.6 Å². The SMILES string of the molecule is CCCCCCCC(=O)O[C@@H]1[C@H](OC(=O)CCCCCCC)[C@H](OC[C@H](O)[C@H](O)CO)O[C@H](CO)[C@H]1OC(C)=O. The second kappa shape index (κ2) is 21.0. The predicted molar refractivity (Wildman–Crippen MR) is 143 cm³/mol. The van der Waals surface area contributed by atoms with Gasteiger partial charge in [-0.25, -0.2) is 0 Å². The standard InChI is InChI=1S/C28H50O12/c1-4-6-8-10-12-14-23(34)39-26-25(37-19(3)31)22(17-30)38-28(36-18-21(33)20(32)16-29)27(26)40-24(35)15-13-11-9-7-5-2/h20-22,25-30,32-33H,4-18H2,1-3H3/t20-,21+,22-,25-,26+,27+,28-/m1/s1. The Morgan fingerprint density at radius 2 is 1.25 bits per heavy atom. The van der Waals surface area contributed by atoms with Crippen molar-refractivity contribution in [3.05, 3.63) is 0 Å². The quantitative estimate of drug-likeness (QED) is 0.0885. The summed E-state index contributed by atoms with van der Waals surface area (Å²) in [4.78, 5) is 37.6. The maximum atomic E-state index is 12.8. The number of carbonyl (C=O) groups excluding carboxylic acids is 3. The van der Waals surface area contributed by atoms with Crippen LogP contribution in [0.1, 0.15) is 97.8 Å². The van der Waals surface area contributed by atoms with E-state index in [1.807, 2.05) is 0 Å². The molecule has 234 valence electrons. The number of esters is 3. The van der Waals surface area contributed by atoms with Crippen LogP contribution in [0.3, 0.4) is 0 Å². The highest BCUT2D eigenvalue weighted by atomic mass is 16.7. The van der Waals surface area contributed by atoms with Gasteiger partial charge in [0.2, 0.25) is 0 Å². The Bertz CT molecular complexity index is 717. The molecule has 1 aliphatic rings. The average Bonchev–Trinajstić information content (AvgIpc) is 2.92. The van der Waals surface area contributed by atoms with E-state index in [1.165, 1.54) is 0 Å². The van der Waals surface area contributed by atoms with Crippen molar-refractivity contribution < 1.29 is 58.5 Å². The Balaban J connectivity index is 3.15. The fourth-order valence-electron chi connectivity index (χ4n) is 4.35. The van der Waals surface area contributed by atoms with Gasteiger partial charge in [0.25, 0.3) is 0 Å². The normalized spacial score (nSPS) is 24.2. The zero-order valence-electron chi connectivity index (χ0n) is 24.2. The van der Waals surface area contributed by atoms with Crippen molar-refractivity contribution >= 4 is 17.9 Å². The molecule has 7 atom stereocenters. The summed E-state index contributed by atoms with van der Waals surface area (Å²) in [6.07, 6.45) is -0.618. The third-order valence-corrected chi connectivity index (χ3v) is 6.64. The lowest BCUT2D eigenvalue weighted by atomic mass is 9.98. The lowest BCUT2D eigenvalue weighted by Crippen LogP contribution is -2.63. The molecule has 0 spiro atoms. The number of hydrogen-bond donors (Lipinski definition) is 4. The first-order valence-electron chi connectivity index (χ1n) is 14.6. The first-order valence-corrected chi connectivity index (χ1v) is 14.6. The Morgan fingerprint density at radius 1 is 0.725 bits per heavy atom. The van der Waals surface area contributed by atoms with Crippen molar-refractivity contribution in [3.8, 4) is 0 Å². The average molecular weight is 579 g/mol. The monoisotopic (exact) mass is 578 g/mol. The molecule has 0 radical (unpaired) electrons. The third-order valence-electron chi connectivity index (χ3n) is 6.64. The molecule has 0 aromatic carbocycles. The Labute approximate surface area is 237 Å². The van der Waals surface area contributed by atoms with E-state index in [-0.39, 0.29) is 12.8 Å². The van der Waals surface area contributed by atoms with Gasteiger partial charge in [-0.3, -0.25) is 14.4 Å². The summed E-state index contributed by atoms with van der Waals surface area (Å²) in [5.41, 5.74) is 0. The van der Waals surface area contributed by atoms with Crippen molar-refractivity contribution in [3.63, 3.8) is 0 Å². The van der Waals surface area contributed by atoms with Crippen LogP contribution in [-0.2, 0) is 38.1 Å². The van der Waals surface area contributed by atoms with E-state index in [9.17, 15) is 29.7 Å². The van der Waals surface area contributed by atoms with Gasteiger partial charge in [0, 0.05) is 19.8 Å². The number of aliphatic hydroxyl groups excluding tert-OH is 4. The largest absolute Gasteiger partial charge is 0.456 e. The van der Waals surface area contributed by atoms with Crippen molar-refractivity contribution in [2.24, 2.45) is 0 Å². The molecule has 1 fully saturated rings. The highest BCUT2D eigenvalue weighted by molar-refractivity contribution is 5.71. The summed E-state index contributed by atoms with van der Waals surface area (Å²) in [7, 11) is 0. The molecule has 40 heavy (non-hydrogen) atoms. The molecule has 1 heterocycles. The Hall–Kier alpha value is -1.83. The van der Waals surface area contributed by atoms with Crippen molar-refractivity contribution in [2.45, 2.75) is 141 Å². The van der Waals surface area contributed by atoms with Gasteiger partial charge in [-0.2, -0.15) is 0 Å². The molecule has 1 saturated heterocycles. The summed E-state index contributed by atoms with van der Waals surface area (Å²) in [5.74, 6) is -1.94. The maximum absolute atomic E-state index is 12.8. The van der Waals surface area contributed by atoms with Crippen LogP contribution in [0.25, 0.3) is 0 Å². The number of hydrogen-bond acceptors (Lipinski definition) is 12. The summed E-state index contributed by atoms with van der Waals surface area (Å²) in [5, 5.41) is 38.9. The second-order valence-corrected chi connectivity index (χ2v) is 10.2. The van der Waals surface area contributed by atoms with Crippen LogP contribution in [0.2, 0.25) is 0 Å². The minimum Gasteiger partial charge on any atom is -0.456 e. The van der Waals surface area contributed by atoms with Gasteiger partial charge < -0.3 is 44.1 Å². The maximum Gasteiger partial charge on any atom is 0.306 e. The number of rotatable bonds is 21. The molecule has 0 saturated carbocycles. The van der Waals surface area contributed by atoms with Gasteiger partial charge >= 0.3 is 17.9 Å². The Morgan fingerprint density at radius 3 is 1.73 bits per heavy atom. The van der Waals surface area contributed by atoms with Gasteiger partial charge in [-0.15, -0.1) is 0 Å². The molecule has 0 aromatic rings. The number of aliphatic hydroxyl groups is 4. The second-order valence-electron chi connectivity index (χ2n) is 10.2. The van der Waals surface area contributed by atoms with E-state index in [4.69, 9.17) is 28.8 Å². The molecule has 0 amide bonds. The van der Waals surface area contributed by atoms with Crippen LogP contribution >= 0.6 is 0 Å². The molecule has 12 heteroatoms. The minimum atomic E-state index is -1.51. The van der Waals surface area contributed by atoms with Crippen LogP contribution in [0.15, 0.2) is 0 Å². The van der Waals surface area contributed by atoms with Crippen LogP contribution in [0, 0.1) is 0 Å². The minimum absolute atomic E-state index is 0.0819. The zero-order valence-corrected chi connectivity index (χ0v) is 24.2. The summed E-state index contributed by atoms with van der Waals surface area (Å²) in [6.45, 7) is 3.40. The van der Waals surface area contributed by atoms with Crippen molar-refractivity contribution in [1.29, 1.82) is 0 Å². The van der Waals surface area contributed by atoms with Crippen molar-refractivity contribution in [2.75, 3.05) is 19.8 Å².